The van der Waals surface area contributed by atoms with Gasteiger partial charge in [-0.1, -0.05) is 48.0 Å². The number of hydrogen-bond donors (Lipinski definition) is 2. The average Bonchev–Trinajstić information content (AvgIpc) is 2.35. The molecular weight excluding hydrogens is 320 g/mol. The van der Waals surface area contributed by atoms with Crippen molar-refractivity contribution in [1.82, 2.24) is 10.6 Å². The van der Waals surface area contributed by atoms with Crippen molar-refractivity contribution < 1.29 is 9.59 Å². The van der Waals surface area contributed by atoms with E-state index in [1.54, 1.807) is 0 Å². The highest BCUT2D eigenvalue weighted by atomic mass is 79.9. The van der Waals surface area contributed by atoms with E-state index in [2.05, 4.69) is 26.6 Å². The van der Waals surface area contributed by atoms with Crippen molar-refractivity contribution in [2.75, 3.05) is 0 Å². The quantitative estimate of drug-likeness (QED) is 0.865. The maximum atomic E-state index is 12.3. The molecule has 0 aromatic heterocycles. The van der Waals surface area contributed by atoms with Gasteiger partial charge in [0.25, 0.3) is 0 Å². The summed E-state index contributed by atoms with van der Waals surface area (Å²) in [7, 11) is 0. The van der Waals surface area contributed by atoms with Crippen LogP contribution in [-0.2, 0) is 9.59 Å². The van der Waals surface area contributed by atoms with Gasteiger partial charge < -0.3 is 10.6 Å². The zero-order chi connectivity index (χ0) is 15.3. The van der Waals surface area contributed by atoms with E-state index < -0.39 is 6.04 Å². The Morgan fingerprint density at radius 2 is 1.70 bits per heavy atom. The normalized spacial score (nSPS) is 13.7. The Morgan fingerprint density at radius 1 is 1.10 bits per heavy atom. The van der Waals surface area contributed by atoms with Crippen molar-refractivity contribution in [3.8, 4) is 0 Å². The van der Waals surface area contributed by atoms with Crippen molar-refractivity contribution in [3.63, 3.8) is 0 Å². The summed E-state index contributed by atoms with van der Waals surface area (Å²) >= 11 is 3.47. The highest BCUT2D eigenvalue weighted by Gasteiger charge is 2.24. The highest BCUT2D eigenvalue weighted by molar-refractivity contribution is 9.10. The molecule has 0 unspecified atom stereocenters. The summed E-state index contributed by atoms with van der Waals surface area (Å²) in [5, 5.41) is 5.63. The Morgan fingerprint density at radius 3 is 2.20 bits per heavy atom. The average molecular weight is 341 g/mol. The van der Waals surface area contributed by atoms with Crippen molar-refractivity contribution in [1.29, 1.82) is 0 Å². The van der Waals surface area contributed by atoms with Crippen LogP contribution in [0, 0.1) is 5.92 Å². The summed E-state index contributed by atoms with van der Waals surface area (Å²) in [6.07, 6.45) is 0. The summed E-state index contributed by atoms with van der Waals surface area (Å²) in [5.74, 6) is -0.337. The lowest BCUT2D eigenvalue weighted by atomic mass is 10.0. The zero-order valence-corrected chi connectivity index (χ0v) is 13.8. The molecule has 0 fully saturated rings. The first-order valence-electron chi connectivity index (χ1n) is 6.64. The fraction of sp³-hybridized carbons (Fsp3) is 0.467. The van der Waals surface area contributed by atoms with Gasteiger partial charge in [-0.15, -0.1) is 0 Å². The fourth-order valence-electron chi connectivity index (χ4n) is 1.96. The molecule has 0 aliphatic carbocycles. The number of carbonyl (C=O) groups excluding carboxylic acids is 2. The maximum Gasteiger partial charge on any atom is 0.243 e. The van der Waals surface area contributed by atoms with E-state index in [0.717, 1.165) is 10.0 Å². The van der Waals surface area contributed by atoms with Crippen LogP contribution >= 0.6 is 15.9 Å². The van der Waals surface area contributed by atoms with Crippen LogP contribution in [0.3, 0.4) is 0 Å². The van der Waals surface area contributed by atoms with Crippen LogP contribution in [0.2, 0.25) is 0 Å². The molecule has 1 rings (SSSR count). The van der Waals surface area contributed by atoms with Crippen LogP contribution in [0.1, 0.15) is 39.3 Å². The molecule has 0 radical (unpaired) electrons. The minimum atomic E-state index is -0.516. The number of benzene rings is 1. The summed E-state index contributed by atoms with van der Waals surface area (Å²) in [4.78, 5) is 23.4. The first-order chi connectivity index (χ1) is 9.32. The molecule has 4 nitrogen and oxygen atoms in total. The van der Waals surface area contributed by atoms with E-state index in [-0.39, 0.29) is 23.8 Å². The third kappa shape index (κ3) is 4.63. The highest BCUT2D eigenvalue weighted by Crippen LogP contribution is 2.22. The Hall–Kier alpha value is -1.36. The summed E-state index contributed by atoms with van der Waals surface area (Å²) in [5.41, 5.74) is 1.01. The molecule has 0 heterocycles. The van der Waals surface area contributed by atoms with Crippen LogP contribution in [0.4, 0.5) is 0 Å². The van der Waals surface area contributed by atoms with E-state index in [4.69, 9.17) is 0 Å². The molecule has 0 spiro atoms. The maximum absolute atomic E-state index is 12.3. The number of rotatable bonds is 5. The van der Waals surface area contributed by atoms with Crippen LogP contribution in [-0.4, -0.2) is 17.9 Å². The topological polar surface area (TPSA) is 58.2 Å². The summed E-state index contributed by atoms with van der Waals surface area (Å²) < 4.78 is 0.952. The van der Waals surface area contributed by atoms with E-state index >= 15 is 0 Å². The van der Waals surface area contributed by atoms with Crippen LogP contribution < -0.4 is 10.6 Å². The second kappa shape index (κ2) is 7.43. The van der Waals surface area contributed by atoms with E-state index in [9.17, 15) is 9.59 Å². The van der Waals surface area contributed by atoms with Gasteiger partial charge in [0, 0.05) is 11.4 Å². The molecule has 0 saturated carbocycles. The molecule has 2 N–H and O–H groups in total. The number of carbonyl (C=O) groups is 2. The molecule has 2 amide bonds. The molecule has 0 aliphatic heterocycles. The summed E-state index contributed by atoms with van der Waals surface area (Å²) in [6.45, 7) is 7.15. The van der Waals surface area contributed by atoms with E-state index in [1.807, 2.05) is 45.0 Å². The number of hydrogen-bond acceptors (Lipinski definition) is 2. The molecular formula is C15H21BrN2O2. The number of amides is 2. The standard InChI is InChI=1S/C15H21BrN2O2/c1-9(2)14(18-11(4)19)15(20)17-10(3)12-7-5-6-8-13(12)16/h5-10,14H,1-4H3,(H,17,20)(H,18,19)/t10-,14+/m1/s1. The Balaban J connectivity index is 2.78. The third-order valence-electron chi connectivity index (χ3n) is 3.04. The van der Waals surface area contributed by atoms with Crippen LogP contribution in [0.5, 0.6) is 0 Å². The molecule has 1 aromatic rings. The van der Waals surface area contributed by atoms with Crippen molar-refractivity contribution >= 4 is 27.7 Å². The van der Waals surface area contributed by atoms with Crippen molar-refractivity contribution in [3.05, 3.63) is 34.3 Å². The minimum Gasteiger partial charge on any atom is -0.348 e. The monoisotopic (exact) mass is 340 g/mol. The summed E-state index contributed by atoms with van der Waals surface area (Å²) in [6, 6.07) is 7.10. The van der Waals surface area contributed by atoms with Crippen LogP contribution in [0.15, 0.2) is 28.7 Å². The molecule has 0 bridgehead atoms. The lowest BCUT2D eigenvalue weighted by Crippen LogP contribution is -2.49. The second-order valence-corrected chi connectivity index (χ2v) is 6.03. The lowest BCUT2D eigenvalue weighted by Gasteiger charge is -2.24. The fourth-order valence-corrected chi connectivity index (χ4v) is 2.59. The SMILES string of the molecule is CC(=O)N[C@H](C(=O)N[C@H](C)c1ccccc1Br)C(C)C. The van der Waals surface area contributed by atoms with E-state index in [1.165, 1.54) is 6.92 Å². The van der Waals surface area contributed by atoms with Gasteiger partial charge in [-0.3, -0.25) is 9.59 Å². The Bertz CT molecular complexity index is 489. The van der Waals surface area contributed by atoms with Gasteiger partial charge in [0.15, 0.2) is 0 Å². The molecule has 110 valence electrons. The smallest absolute Gasteiger partial charge is 0.243 e. The first kappa shape index (κ1) is 16.7. The third-order valence-corrected chi connectivity index (χ3v) is 3.76. The molecule has 5 heteroatoms. The van der Waals surface area contributed by atoms with Crippen molar-refractivity contribution in [2.24, 2.45) is 5.92 Å². The largest absolute Gasteiger partial charge is 0.348 e. The second-order valence-electron chi connectivity index (χ2n) is 5.17. The molecule has 2 atom stereocenters. The minimum absolute atomic E-state index is 0.0327. The van der Waals surface area contributed by atoms with Gasteiger partial charge in [0.05, 0.1) is 6.04 Å². The zero-order valence-electron chi connectivity index (χ0n) is 12.2. The van der Waals surface area contributed by atoms with Crippen LogP contribution in [0.25, 0.3) is 0 Å². The predicted octanol–water partition coefficient (Wildman–Crippen LogP) is 2.79. The van der Waals surface area contributed by atoms with Gasteiger partial charge in [-0.05, 0) is 24.5 Å². The number of halogens is 1. The first-order valence-corrected chi connectivity index (χ1v) is 7.44. The van der Waals surface area contributed by atoms with Gasteiger partial charge >= 0.3 is 0 Å². The van der Waals surface area contributed by atoms with Crippen molar-refractivity contribution in [2.45, 2.75) is 39.8 Å². The van der Waals surface area contributed by atoms with Gasteiger partial charge in [-0.25, -0.2) is 0 Å². The molecule has 0 aliphatic rings. The lowest BCUT2D eigenvalue weighted by molar-refractivity contribution is -0.129. The molecule has 20 heavy (non-hydrogen) atoms. The Labute approximate surface area is 128 Å². The van der Waals surface area contributed by atoms with Gasteiger partial charge in [-0.2, -0.15) is 0 Å². The molecule has 0 saturated heterocycles. The van der Waals surface area contributed by atoms with Gasteiger partial charge in [0.2, 0.25) is 11.8 Å². The molecule has 1 aromatic carbocycles. The predicted molar refractivity (Wildman–Crippen MR) is 83.1 cm³/mol. The number of nitrogens with one attached hydrogen (secondary N) is 2. The Kier molecular flexibility index (Phi) is 6.20. The van der Waals surface area contributed by atoms with Gasteiger partial charge in [0.1, 0.15) is 6.04 Å². The van der Waals surface area contributed by atoms with E-state index in [0.29, 0.717) is 0 Å².